The van der Waals surface area contributed by atoms with E-state index in [9.17, 15) is 0 Å². The fourth-order valence-corrected chi connectivity index (χ4v) is 9.11. The predicted molar refractivity (Wildman–Crippen MR) is 228 cm³/mol. The summed E-state index contributed by atoms with van der Waals surface area (Å²) in [5.74, 6) is 1.32. The Hall–Kier alpha value is -7.77. The molecule has 0 spiro atoms. The Labute approximate surface area is 318 Å². The monoisotopic (exact) mass is 713 g/mol. The van der Waals surface area contributed by atoms with Gasteiger partial charge in [0, 0.05) is 50.3 Å². The van der Waals surface area contributed by atoms with E-state index in [-0.39, 0.29) is 0 Å². The first-order chi connectivity index (χ1) is 27.8. The van der Waals surface area contributed by atoms with Gasteiger partial charge in [0.1, 0.15) is 22.6 Å². The summed E-state index contributed by atoms with van der Waals surface area (Å²) in [6, 6.07) is 53.5. The number of fused-ring (bicyclic) bond motifs is 9. The minimum Gasteiger partial charge on any atom is -0.278 e. The van der Waals surface area contributed by atoms with Gasteiger partial charge in [-0.25, -0.2) is 24.9 Å². The van der Waals surface area contributed by atoms with Crippen LogP contribution in [-0.2, 0) is 0 Å². The molecule has 0 saturated heterocycles. The van der Waals surface area contributed by atoms with E-state index in [4.69, 9.17) is 24.9 Å². The van der Waals surface area contributed by atoms with Gasteiger partial charge < -0.3 is 0 Å². The summed E-state index contributed by atoms with van der Waals surface area (Å²) in [6.45, 7) is 0. The molecule has 258 valence electrons. The number of para-hydroxylation sites is 2. The molecule has 0 saturated carbocycles. The molecule has 0 fully saturated rings. The number of nitrogens with zero attached hydrogens (tertiary/aromatic N) is 7. The molecule has 0 aliphatic rings. The molecule has 0 aliphatic carbocycles. The lowest BCUT2D eigenvalue weighted by Crippen LogP contribution is -2.05. The SMILES string of the molecule is c1cc2ccc3cc(-c4nc(-n5c6ccccc6c6cccnc65)nc5c4ccc4ccc(-n6c7ccccc7c7cccnc76)nc45)cc4ccc(c1)c2c34. The van der Waals surface area contributed by atoms with Crippen molar-refractivity contribution >= 4 is 98.0 Å². The molecule has 6 heterocycles. The molecular formula is C49H27N7. The van der Waals surface area contributed by atoms with Gasteiger partial charge >= 0.3 is 0 Å². The Balaban J connectivity index is 1.15. The van der Waals surface area contributed by atoms with Gasteiger partial charge in [0.05, 0.1) is 22.2 Å². The van der Waals surface area contributed by atoms with Crippen molar-refractivity contribution in [2.24, 2.45) is 0 Å². The van der Waals surface area contributed by atoms with Gasteiger partial charge in [0.15, 0.2) is 0 Å². The summed E-state index contributed by atoms with van der Waals surface area (Å²) in [7, 11) is 0. The summed E-state index contributed by atoms with van der Waals surface area (Å²) in [5.41, 5.74) is 7.12. The van der Waals surface area contributed by atoms with Crippen LogP contribution in [0.3, 0.4) is 0 Å². The summed E-state index contributed by atoms with van der Waals surface area (Å²) in [5, 5.41) is 13.7. The molecule has 7 aromatic carbocycles. The van der Waals surface area contributed by atoms with Crippen molar-refractivity contribution in [1.29, 1.82) is 0 Å². The van der Waals surface area contributed by atoms with Crippen LogP contribution < -0.4 is 0 Å². The minimum absolute atomic E-state index is 0.542. The lowest BCUT2D eigenvalue weighted by atomic mass is 9.92. The molecule has 7 nitrogen and oxygen atoms in total. The highest BCUT2D eigenvalue weighted by molar-refractivity contribution is 6.24. The van der Waals surface area contributed by atoms with E-state index >= 15 is 0 Å². The first-order valence-corrected chi connectivity index (χ1v) is 18.8. The lowest BCUT2D eigenvalue weighted by Gasteiger charge is -2.15. The number of hydrogen-bond acceptors (Lipinski definition) is 5. The Morgan fingerprint density at radius 1 is 0.375 bits per heavy atom. The van der Waals surface area contributed by atoms with Gasteiger partial charge in [-0.05, 0) is 99.0 Å². The van der Waals surface area contributed by atoms with Gasteiger partial charge in [-0.2, -0.15) is 0 Å². The van der Waals surface area contributed by atoms with E-state index in [1.54, 1.807) is 0 Å². The molecule has 13 rings (SSSR count). The standard InChI is InChI=1S/C49H27N7/c1-3-14-39-34(10-1)36-12-6-24-50-47(36)55(39)41-23-21-30-20-22-38-44(33-26-31-18-16-28-8-5-9-29-17-19-32(27-33)43(31)42(28)29)53-49(54-46(38)45(30)52-41)56-40-15-4-2-11-35(40)37-13-7-25-51-48(37)56/h1-27H. The van der Waals surface area contributed by atoms with Crippen LogP contribution in [0.1, 0.15) is 0 Å². The van der Waals surface area contributed by atoms with Crippen molar-refractivity contribution in [3.63, 3.8) is 0 Å². The molecular weight excluding hydrogens is 687 g/mol. The number of pyridine rings is 3. The summed E-state index contributed by atoms with van der Waals surface area (Å²) >= 11 is 0. The smallest absolute Gasteiger partial charge is 0.237 e. The third-order valence-corrected chi connectivity index (χ3v) is 11.5. The first-order valence-electron chi connectivity index (χ1n) is 18.8. The Morgan fingerprint density at radius 2 is 0.946 bits per heavy atom. The van der Waals surface area contributed by atoms with Gasteiger partial charge in [-0.1, -0.05) is 84.9 Å². The quantitative estimate of drug-likeness (QED) is 0.170. The van der Waals surface area contributed by atoms with Gasteiger partial charge in [0.2, 0.25) is 5.95 Å². The van der Waals surface area contributed by atoms with Crippen LogP contribution in [0.5, 0.6) is 0 Å². The summed E-state index contributed by atoms with van der Waals surface area (Å²) in [6.07, 6.45) is 3.68. The van der Waals surface area contributed by atoms with Crippen LogP contribution in [0.4, 0.5) is 0 Å². The Morgan fingerprint density at radius 3 is 1.66 bits per heavy atom. The molecule has 6 aromatic heterocycles. The molecule has 0 amide bonds. The topological polar surface area (TPSA) is 74.3 Å². The molecule has 56 heavy (non-hydrogen) atoms. The van der Waals surface area contributed by atoms with Gasteiger partial charge in [0.25, 0.3) is 0 Å². The second kappa shape index (κ2) is 10.9. The number of hydrogen-bond donors (Lipinski definition) is 0. The summed E-state index contributed by atoms with van der Waals surface area (Å²) in [4.78, 5) is 26.1. The molecule has 0 unspecified atom stereocenters. The Kier molecular flexibility index (Phi) is 5.77. The molecule has 0 radical (unpaired) electrons. The molecule has 7 heteroatoms. The average molecular weight is 714 g/mol. The van der Waals surface area contributed by atoms with Crippen LogP contribution in [0, 0.1) is 0 Å². The molecule has 13 aromatic rings. The van der Waals surface area contributed by atoms with Crippen molar-refractivity contribution < 1.29 is 0 Å². The second-order valence-electron chi connectivity index (χ2n) is 14.5. The normalized spacial score (nSPS) is 12.3. The lowest BCUT2D eigenvalue weighted by molar-refractivity contribution is 0.997. The third kappa shape index (κ3) is 3.98. The maximum Gasteiger partial charge on any atom is 0.237 e. The average Bonchev–Trinajstić information content (AvgIpc) is 3.78. The zero-order chi connectivity index (χ0) is 36.5. The summed E-state index contributed by atoms with van der Waals surface area (Å²) < 4.78 is 4.25. The number of rotatable bonds is 3. The highest BCUT2D eigenvalue weighted by Gasteiger charge is 2.21. The zero-order valence-corrected chi connectivity index (χ0v) is 29.7. The maximum absolute atomic E-state index is 5.48. The molecule has 0 atom stereocenters. The van der Waals surface area contributed by atoms with Crippen molar-refractivity contribution in [2.45, 2.75) is 0 Å². The van der Waals surface area contributed by atoms with Crippen LogP contribution in [-0.4, -0.2) is 34.1 Å². The van der Waals surface area contributed by atoms with Crippen molar-refractivity contribution in [3.05, 3.63) is 164 Å². The fourth-order valence-electron chi connectivity index (χ4n) is 9.11. The van der Waals surface area contributed by atoms with E-state index in [1.807, 2.05) is 24.5 Å². The van der Waals surface area contributed by atoms with Crippen molar-refractivity contribution in [1.82, 2.24) is 34.1 Å². The van der Waals surface area contributed by atoms with Crippen LogP contribution >= 0.6 is 0 Å². The highest BCUT2D eigenvalue weighted by atomic mass is 15.2. The van der Waals surface area contributed by atoms with E-state index < -0.39 is 0 Å². The van der Waals surface area contributed by atoms with Crippen molar-refractivity contribution in [2.75, 3.05) is 0 Å². The fraction of sp³-hybridized carbons (Fsp3) is 0. The molecule has 0 aliphatic heterocycles. The third-order valence-electron chi connectivity index (χ3n) is 11.5. The van der Waals surface area contributed by atoms with Crippen LogP contribution in [0.25, 0.3) is 121 Å². The van der Waals surface area contributed by atoms with E-state index in [2.05, 4.69) is 149 Å². The van der Waals surface area contributed by atoms with E-state index in [0.717, 1.165) is 82.8 Å². The molecule has 0 bridgehead atoms. The van der Waals surface area contributed by atoms with Crippen molar-refractivity contribution in [3.8, 4) is 23.0 Å². The van der Waals surface area contributed by atoms with Crippen LogP contribution in [0.15, 0.2) is 164 Å². The second-order valence-corrected chi connectivity index (χ2v) is 14.5. The largest absolute Gasteiger partial charge is 0.278 e. The number of benzene rings is 7. The predicted octanol–water partition coefficient (Wildman–Crippen LogP) is 11.7. The highest BCUT2D eigenvalue weighted by Crippen LogP contribution is 2.40. The molecule has 0 N–H and O–H groups in total. The van der Waals surface area contributed by atoms with Gasteiger partial charge in [-0.15, -0.1) is 0 Å². The zero-order valence-electron chi connectivity index (χ0n) is 29.7. The Bertz CT molecular complexity index is 3610. The first kappa shape index (κ1) is 29.7. The van der Waals surface area contributed by atoms with Crippen LogP contribution in [0.2, 0.25) is 0 Å². The van der Waals surface area contributed by atoms with E-state index in [0.29, 0.717) is 5.95 Å². The maximum atomic E-state index is 5.48. The minimum atomic E-state index is 0.542. The number of aromatic nitrogens is 7. The van der Waals surface area contributed by atoms with Gasteiger partial charge in [-0.3, -0.25) is 9.13 Å². The van der Waals surface area contributed by atoms with E-state index in [1.165, 1.54) is 32.3 Å².